The molecule has 0 aliphatic carbocycles. The van der Waals surface area contributed by atoms with Gasteiger partial charge in [-0.15, -0.1) is 0 Å². The summed E-state index contributed by atoms with van der Waals surface area (Å²) in [7, 11) is 0. The van der Waals surface area contributed by atoms with E-state index >= 15 is 0 Å². The molecule has 116 valence electrons. The highest BCUT2D eigenvalue weighted by Gasteiger charge is 2.06. The fourth-order valence-corrected chi connectivity index (χ4v) is 1.11. The third kappa shape index (κ3) is 12.7. The summed E-state index contributed by atoms with van der Waals surface area (Å²) < 4.78 is 10.4. The summed E-state index contributed by atoms with van der Waals surface area (Å²) in [6.45, 7) is 2.40. The zero-order valence-corrected chi connectivity index (χ0v) is 11.2. The van der Waals surface area contributed by atoms with Crippen LogP contribution in [0.2, 0.25) is 0 Å². The van der Waals surface area contributed by atoms with Crippen LogP contribution in [0.5, 0.6) is 0 Å². The van der Waals surface area contributed by atoms with Crippen molar-refractivity contribution < 1.29 is 23.9 Å². The van der Waals surface area contributed by atoms with Crippen molar-refractivity contribution in [2.24, 2.45) is 22.1 Å². The molecule has 0 bridgehead atoms. The lowest BCUT2D eigenvalue weighted by Crippen LogP contribution is -2.28. The van der Waals surface area contributed by atoms with E-state index in [1.165, 1.54) is 0 Å². The average molecular weight is 291 g/mol. The summed E-state index contributed by atoms with van der Waals surface area (Å²) in [4.78, 5) is 25.8. The molecule has 5 N–H and O–H groups in total. The maximum Gasteiger partial charge on any atom is 0.324 e. The van der Waals surface area contributed by atoms with Crippen LogP contribution >= 0.6 is 0 Å². The van der Waals surface area contributed by atoms with Gasteiger partial charge < -0.3 is 25.5 Å². The predicted octanol–water partition coefficient (Wildman–Crippen LogP) is -1.34. The van der Waals surface area contributed by atoms with Gasteiger partial charge in [0.2, 0.25) is 5.91 Å². The number of rotatable bonds is 12. The van der Waals surface area contributed by atoms with Crippen molar-refractivity contribution in [3.05, 3.63) is 0 Å². The van der Waals surface area contributed by atoms with E-state index in [0.717, 1.165) is 0 Å². The molecular weight excluding hydrogens is 270 g/mol. The third-order valence-corrected chi connectivity index (χ3v) is 2.05. The SMILES string of the molecule is NN=NCCOCCOCCNC(=O)CCC(=O)ON. The number of nitrogens with two attached hydrogens (primary N) is 2. The second-order valence-corrected chi connectivity index (χ2v) is 3.55. The van der Waals surface area contributed by atoms with Gasteiger partial charge >= 0.3 is 5.97 Å². The predicted molar refractivity (Wildman–Crippen MR) is 68.1 cm³/mol. The largest absolute Gasteiger partial charge is 0.377 e. The lowest BCUT2D eigenvalue weighted by molar-refractivity contribution is -0.145. The van der Waals surface area contributed by atoms with Gasteiger partial charge in [-0.1, -0.05) is 5.22 Å². The van der Waals surface area contributed by atoms with E-state index in [-0.39, 0.29) is 18.7 Å². The molecule has 0 spiro atoms. The minimum Gasteiger partial charge on any atom is -0.377 e. The molecule has 0 unspecified atom stereocenters. The molecule has 0 aromatic carbocycles. The molecule has 0 fully saturated rings. The van der Waals surface area contributed by atoms with Crippen LogP contribution in [0.3, 0.4) is 0 Å². The smallest absolute Gasteiger partial charge is 0.324 e. The monoisotopic (exact) mass is 291 g/mol. The van der Waals surface area contributed by atoms with E-state index < -0.39 is 5.97 Å². The number of hydrogen-bond acceptors (Lipinski definition) is 8. The van der Waals surface area contributed by atoms with Crippen molar-refractivity contribution >= 4 is 11.9 Å². The molecule has 0 aliphatic heterocycles. The zero-order chi connectivity index (χ0) is 15.1. The van der Waals surface area contributed by atoms with E-state index in [9.17, 15) is 9.59 Å². The van der Waals surface area contributed by atoms with Gasteiger partial charge in [0.15, 0.2) is 0 Å². The van der Waals surface area contributed by atoms with Crippen molar-refractivity contribution in [2.45, 2.75) is 12.8 Å². The Kier molecular flexibility index (Phi) is 12.4. The number of hydrogen-bond donors (Lipinski definition) is 3. The average Bonchev–Trinajstić information content (AvgIpc) is 2.46. The van der Waals surface area contributed by atoms with Gasteiger partial charge in [-0.3, -0.25) is 9.59 Å². The maximum absolute atomic E-state index is 11.2. The number of ether oxygens (including phenoxy) is 2. The Morgan fingerprint density at radius 3 is 2.40 bits per heavy atom. The molecule has 1 amide bonds. The van der Waals surface area contributed by atoms with E-state index in [1.54, 1.807) is 0 Å². The molecule has 0 saturated heterocycles. The highest BCUT2D eigenvalue weighted by atomic mass is 16.7. The van der Waals surface area contributed by atoms with E-state index in [4.69, 9.17) is 15.3 Å². The summed E-state index contributed by atoms with van der Waals surface area (Å²) in [5.74, 6) is 8.56. The van der Waals surface area contributed by atoms with Crippen LogP contribution in [0.4, 0.5) is 0 Å². The second-order valence-electron chi connectivity index (χ2n) is 3.55. The van der Waals surface area contributed by atoms with Crippen molar-refractivity contribution in [1.29, 1.82) is 0 Å². The standard InChI is InChI=1S/C10H21N5O5/c11-15-14-4-6-19-8-7-18-5-3-13-9(16)1-2-10(17)20-12/h1-8,12H2,(H2,11,14)(H,13,16). The van der Waals surface area contributed by atoms with Crippen LogP contribution in [0.1, 0.15) is 12.8 Å². The van der Waals surface area contributed by atoms with E-state index in [2.05, 4.69) is 26.4 Å². The van der Waals surface area contributed by atoms with E-state index in [1.807, 2.05) is 0 Å². The lowest BCUT2D eigenvalue weighted by Gasteiger charge is -2.06. The fraction of sp³-hybridized carbons (Fsp3) is 0.800. The highest BCUT2D eigenvalue weighted by molar-refractivity contribution is 5.81. The van der Waals surface area contributed by atoms with Gasteiger partial charge in [-0.25, -0.2) is 0 Å². The van der Waals surface area contributed by atoms with Gasteiger partial charge in [0.25, 0.3) is 0 Å². The van der Waals surface area contributed by atoms with Gasteiger partial charge in [0.1, 0.15) is 0 Å². The van der Waals surface area contributed by atoms with Crippen LogP contribution < -0.4 is 17.1 Å². The molecule has 20 heavy (non-hydrogen) atoms. The fourth-order valence-electron chi connectivity index (χ4n) is 1.11. The van der Waals surface area contributed by atoms with Gasteiger partial charge in [-0.05, 0) is 0 Å². The molecule has 0 heterocycles. The minimum absolute atomic E-state index is 0.0365. The summed E-state index contributed by atoms with van der Waals surface area (Å²) in [6, 6.07) is 0. The lowest BCUT2D eigenvalue weighted by atomic mass is 10.3. The van der Waals surface area contributed by atoms with Gasteiger partial charge in [-0.2, -0.15) is 11.0 Å². The number of carbonyl (C=O) groups is 2. The van der Waals surface area contributed by atoms with Crippen LogP contribution in [-0.2, 0) is 23.9 Å². The molecule has 0 radical (unpaired) electrons. The van der Waals surface area contributed by atoms with Crippen LogP contribution in [0, 0.1) is 0 Å². The Bertz CT molecular complexity index is 300. The van der Waals surface area contributed by atoms with Crippen molar-refractivity contribution in [3.63, 3.8) is 0 Å². The molecule has 0 atom stereocenters. The zero-order valence-electron chi connectivity index (χ0n) is 11.2. The third-order valence-electron chi connectivity index (χ3n) is 2.05. The number of amides is 1. The van der Waals surface area contributed by atoms with Crippen molar-refractivity contribution in [2.75, 3.05) is 39.5 Å². The van der Waals surface area contributed by atoms with E-state index in [0.29, 0.717) is 39.5 Å². The Morgan fingerprint density at radius 2 is 1.75 bits per heavy atom. The van der Waals surface area contributed by atoms with Crippen LogP contribution in [-0.4, -0.2) is 51.4 Å². The van der Waals surface area contributed by atoms with Crippen molar-refractivity contribution in [1.82, 2.24) is 5.32 Å². The Hall–Kier alpha value is -1.78. The number of nitrogens with one attached hydrogen (secondary N) is 1. The van der Waals surface area contributed by atoms with Crippen molar-refractivity contribution in [3.8, 4) is 0 Å². The highest BCUT2D eigenvalue weighted by Crippen LogP contribution is 1.90. The normalized spacial score (nSPS) is 10.7. The second kappa shape index (κ2) is 13.6. The Morgan fingerprint density at radius 1 is 1.05 bits per heavy atom. The molecular formula is C10H21N5O5. The summed E-state index contributed by atoms with van der Waals surface area (Å²) in [5.41, 5.74) is 0. The summed E-state index contributed by atoms with van der Waals surface area (Å²) in [5, 5.41) is 9.19. The maximum atomic E-state index is 11.2. The molecule has 0 rings (SSSR count). The molecule has 10 nitrogen and oxygen atoms in total. The minimum atomic E-state index is -0.622. The first-order valence-corrected chi connectivity index (χ1v) is 6.09. The molecule has 10 heteroatoms. The quantitative estimate of drug-likeness (QED) is 0.174. The first-order valence-electron chi connectivity index (χ1n) is 6.09. The topological polar surface area (TPSA) is 151 Å². The summed E-state index contributed by atoms with van der Waals surface area (Å²) in [6.07, 6.45) is -0.00793. The number of nitrogens with zero attached hydrogens (tertiary/aromatic N) is 2. The molecule has 0 aromatic rings. The molecule has 0 saturated carbocycles. The molecule has 0 aromatic heterocycles. The summed E-state index contributed by atoms with van der Waals surface area (Å²) >= 11 is 0. The van der Waals surface area contributed by atoms with Gasteiger partial charge in [0, 0.05) is 13.0 Å². The first kappa shape index (κ1) is 18.2. The number of carbonyl (C=O) groups excluding carboxylic acids is 2. The van der Waals surface area contributed by atoms with Crippen LogP contribution in [0.25, 0.3) is 0 Å². The Balaban J connectivity index is 3.23. The van der Waals surface area contributed by atoms with Gasteiger partial charge in [0.05, 0.1) is 39.4 Å². The first-order chi connectivity index (χ1) is 9.70. The van der Waals surface area contributed by atoms with Crippen LogP contribution in [0.15, 0.2) is 10.3 Å². The Labute approximate surface area is 116 Å². The molecule has 0 aliphatic rings.